The van der Waals surface area contributed by atoms with Crippen LogP contribution in [0.25, 0.3) is 0 Å². The SMILES string of the molecule is C[C@@]12CC[C@@H](O)C[C@@H]1CC[C@@H]1[C@H]3CC[C@@](O)(CCc4ccccc4)[C@@]3(C)CC[C@@H]12. The van der Waals surface area contributed by atoms with Gasteiger partial charge in [-0.1, -0.05) is 44.2 Å². The van der Waals surface area contributed by atoms with Crippen LogP contribution in [0.15, 0.2) is 30.3 Å². The van der Waals surface area contributed by atoms with Crippen molar-refractivity contribution in [3.05, 3.63) is 35.9 Å². The molecule has 4 aliphatic carbocycles. The van der Waals surface area contributed by atoms with Crippen LogP contribution in [0.3, 0.4) is 0 Å². The fourth-order valence-electron chi connectivity index (χ4n) is 8.75. The third kappa shape index (κ3) is 3.04. The van der Waals surface area contributed by atoms with Gasteiger partial charge in [-0.25, -0.2) is 0 Å². The molecule has 4 fully saturated rings. The maximum atomic E-state index is 11.9. The molecule has 0 saturated heterocycles. The minimum Gasteiger partial charge on any atom is -0.393 e. The lowest BCUT2D eigenvalue weighted by molar-refractivity contribution is -0.160. The molecular formula is C27H40O2. The van der Waals surface area contributed by atoms with Crippen molar-refractivity contribution >= 4 is 0 Å². The van der Waals surface area contributed by atoms with Crippen molar-refractivity contribution in [2.45, 2.75) is 96.2 Å². The van der Waals surface area contributed by atoms with Gasteiger partial charge >= 0.3 is 0 Å². The van der Waals surface area contributed by atoms with Crippen LogP contribution in [0.4, 0.5) is 0 Å². The molecule has 0 unspecified atom stereocenters. The van der Waals surface area contributed by atoms with E-state index in [2.05, 4.69) is 44.2 Å². The molecule has 0 radical (unpaired) electrons. The maximum absolute atomic E-state index is 11.9. The van der Waals surface area contributed by atoms with E-state index in [-0.39, 0.29) is 11.5 Å². The Morgan fingerprint density at radius 1 is 0.897 bits per heavy atom. The Bertz CT molecular complexity index is 731. The second-order valence-electron chi connectivity index (χ2n) is 11.6. The van der Waals surface area contributed by atoms with Gasteiger partial charge in [0.1, 0.15) is 0 Å². The Balaban J connectivity index is 1.35. The largest absolute Gasteiger partial charge is 0.393 e. The summed E-state index contributed by atoms with van der Waals surface area (Å²) in [6.45, 7) is 4.99. The molecule has 8 atom stereocenters. The van der Waals surface area contributed by atoms with E-state index in [1.54, 1.807) is 0 Å². The summed E-state index contributed by atoms with van der Waals surface area (Å²) >= 11 is 0. The van der Waals surface area contributed by atoms with Gasteiger partial charge in [0.15, 0.2) is 0 Å². The molecule has 0 aromatic heterocycles. The lowest BCUT2D eigenvalue weighted by Crippen LogP contribution is -2.56. The Morgan fingerprint density at radius 2 is 1.66 bits per heavy atom. The molecule has 0 aliphatic heterocycles. The van der Waals surface area contributed by atoms with Crippen LogP contribution in [-0.4, -0.2) is 21.9 Å². The lowest BCUT2D eigenvalue weighted by Gasteiger charge is -2.61. The molecule has 0 spiro atoms. The van der Waals surface area contributed by atoms with E-state index in [1.165, 1.54) is 44.1 Å². The molecule has 160 valence electrons. The number of hydrogen-bond donors (Lipinski definition) is 2. The van der Waals surface area contributed by atoms with E-state index < -0.39 is 5.60 Å². The molecule has 4 saturated carbocycles. The van der Waals surface area contributed by atoms with Crippen LogP contribution < -0.4 is 0 Å². The standard InChI is InChI=1S/C27H40O2/c1-25-14-11-21(28)18-20(25)8-9-22-23(25)12-15-26(2)24(22)13-17-27(26,29)16-10-19-6-4-3-5-7-19/h3-7,20-24,28-29H,8-18H2,1-2H3/t20-,21+,22-,23-,24+,25+,26-,27-/m0/s1. The van der Waals surface area contributed by atoms with Crippen molar-refractivity contribution in [3.63, 3.8) is 0 Å². The number of fused-ring (bicyclic) bond motifs is 5. The van der Waals surface area contributed by atoms with Crippen molar-refractivity contribution in [1.29, 1.82) is 0 Å². The normalized spacial score (nSPS) is 49.2. The van der Waals surface area contributed by atoms with Crippen molar-refractivity contribution in [3.8, 4) is 0 Å². The van der Waals surface area contributed by atoms with Crippen molar-refractivity contribution < 1.29 is 10.2 Å². The monoisotopic (exact) mass is 396 g/mol. The van der Waals surface area contributed by atoms with Crippen LogP contribution in [0, 0.1) is 34.5 Å². The third-order valence-electron chi connectivity index (χ3n) is 10.6. The van der Waals surface area contributed by atoms with E-state index in [9.17, 15) is 10.2 Å². The number of rotatable bonds is 3. The summed E-state index contributed by atoms with van der Waals surface area (Å²) in [7, 11) is 0. The summed E-state index contributed by atoms with van der Waals surface area (Å²) in [4.78, 5) is 0. The third-order valence-corrected chi connectivity index (χ3v) is 10.6. The maximum Gasteiger partial charge on any atom is 0.0707 e. The molecule has 4 aliphatic rings. The summed E-state index contributed by atoms with van der Waals surface area (Å²) in [5.41, 5.74) is 1.36. The molecule has 29 heavy (non-hydrogen) atoms. The quantitative estimate of drug-likeness (QED) is 0.682. The van der Waals surface area contributed by atoms with Gasteiger partial charge in [0, 0.05) is 0 Å². The fourth-order valence-corrected chi connectivity index (χ4v) is 8.75. The molecule has 2 nitrogen and oxygen atoms in total. The summed E-state index contributed by atoms with van der Waals surface area (Å²) in [6.07, 6.45) is 12.4. The highest BCUT2D eigenvalue weighted by Crippen LogP contribution is 2.68. The van der Waals surface area contributed by atoms with Gasteiger partial charge in [-0.2, -0.15) is 0 Å². The second-order valence-corrected chi connectivity index (χ2v) is 11.6. The predicted octanol–water partition coefficient (Wildman–Crippen LogP) is 5.75. The van der Waals surface area contributed by atoms with Gasteiger partial charge < -0.3 is 10.2 Å². The van der Waals surface area contributed by atoms with E-state index in [4.69, 9.17) is 0 Å². The zero-order chi connectivity index (χ0) is 20.3. The lowest BCUT2D eigenvalue weighted by atomic mass is 9.44. The first-order valence-corrected chi connectivity index (χ1v) is 12.3. The Kier molecular flexibility index (Phi) is 4.91. The fraction of sp³-hybridized carbons (Fsp3) is 0.778. The minimum atomic E-state index is -0.501. The predicted molar refractivity (Wildman–Crippen MR) is 117 cm³/mol. The van der Waals surface area contributed by atoms with Crippen LogP contribution in [0.5, 0.6) is 0 Å². The van der Waals surface area contributed by atoms with Crippen LogP contribution in [0.1, 0.15) is 83.6 Å². The highest BCUT2D eigenvalue weighted by molar-refractivity contribution is 5.18. The molecule has 0 amide bonds. The van der Waals surface area contributed by atoms with Crippen molar-refractivity contribution in [2.75, 3.05) is 0 Å². The second kappa shape index (κ2) is 7.09. The minimum absolute atomic E-state index is 0.0620. The van der Waals surface area contributed by atoms with Gasteiger partial charge in [0.25, 0.3) is 0 Å². The summed E-state index contributed by atoms with van der Waals surface area (Å²) in [6, 6.07) is 10.7. The van der Waals surface area contributed by atoms with Gasteiger partial charge in [0.05, 0.1) is 11.7 Å². The summed E-state index contributed by atoms with van der Waals surface area (Å²) in [5, 5.41) is 22.1. The average Bonchev–Trinajstić information content (AvgIpc) is 2.99. The topological polar surface area (TPSA) is 40.5 Å². The Hall–Kier alpha value is -0.860. The van der Waals surface area contributed by atoms with Crippen LogP contribution in [0.2, 0.25) is 0 Å². The molecule has 1 aromatic carbocycles. The molecule has 2 heteroatoms. The van der Waals surface area contributed by atoms with Crippen molar-refractivity contribution in [2.24, 2.45) is 34.5 Å². The number of aliphatic hydroxyl groups is 2. The smallest absolute Gasteiger partial charge is 0.0707 e. The van der Waals surface area contributed by atoms with Gasteiger partial charge in [-0.15, -0.1) is 0 Å². The van der Waals surface area contributed by atoms with Crippen LogP contribution >= 0.6 is 0 Å². The number of benzene rings is 1. The molecule has 2 N–H and O–H groups in total. The molecule has 0 heterocycles. The molecule has 5 rings (SSSR count). The van der Waals surface area contributed by atoms with E-state index in [0.29, 0.717) is 11.3 Å². The zero-order valence-corrected chi connectivity index (χ0v) is 18.4. The number of aryl methyl sites for hydroxylation is 1. The highest BCUT2D eigenvalue weighted by Gasteiger charge is 2.64. The summed E-state index contributed by atoms with van der Waals surface area (Å²) < 4.78 is 0. The summed E-state index contributed by atoms with van der Waals surface area (Å²) in [5.74, 6) is 3.00. The zero-order valence-electron chi connectivity index (χ0n) is 18.4. The molecule has 1 aromatic rings. The van der Waals surface area contributed by atoms with Crippen molar-refractivity contribution in [1.82, 2.24) is 0 Å². The first kappa shape index (κ1) is 20.1. The van der Waals surface area contributed by atoms with Gasteiger partial charge in [-0.3, -0.25) is 0 Å². The first-order valence-electron chi connectivity index (χ1n) is 12.3. The molecular weight excluding hydrogens is 356 g/mol. The van der Waals surface area contributed by atoms with Gasteiger partial charge in [-0.05, 0) is 111 Å². The number of aliphatic hydroxyl groups excluding tert-OH is 1. The van der Waals surface area contributed by atoms with E-state index in [0.717, 1.165) is 49.9 Å². The molecule has 0 bridgehead atoms. The first-order chi connectivity index (χ1) is 13.9. The van der Waals surface area contributed by atoms with Gasteiger partial charge in [0.2, 0.25) is 0 Å². The number of hydrogen-bond acceptors (Lipinski definition) is 2. The average molecular weight is 397 g/mol. The highest BCUT2D eigenvalue weighted by atomic mass is 16.3. The Morgan fingerprint density at radius 3 is 2.45 bits per heavy atom. The Labute approximate surface area is 177 Å². The van der Waals surface area contributed by atoms with E-state index >= 15 is 0 Å². The van der Waals surface area contributed by atoms with Crippen LogP contribution in [-0.2, 0) is 6.42 Å². The van der Waals surface area contributed by atoms with E-state index in [1.807, 2.05) is 0 Å².